The van der Waals surface area contributed by atoms with Gasteiger partial charge < -0.3 is 39.9 Å². The number of imidazole rings is 2. The molecule has 6 rings (SSSR count). The first-order valence-corrected chi connectivity index (χ1v) is 15.7. The van der Waals surface area contributed by atoms with Crippen molar-refractivity contribution in [3.63, 3.8) is 0 Å². The van der Waals surface area contributed by atoms with E-state index in [1.54, 1.807) is 68.6 Å². The minimum Gasteiger partial charge on any atom is -0.504 e. The second-order valence-corrected chi connectivity index (χ2v) is 10.8. The monoisotopic (exact) mass is 668 g/mol. The summed E-state index contributed by atoms with van der Waals surface area (Å²) < 4.78 is 45.1. The topological polar surface area (TPSA) is 129 Å². The highest BCUT2D eigenvalue weighted by Gasteiger charge is 2.12. The van der Waals surface area contributed by atoms with Gasteiger partial charge in [-0.25, -0.2) is 18.7 Å². The number of nitrogens with zero attached hydrogens (tertiary/aromatic N) is 2. The fourth-order valence-corrected chi connectivity index (χ4v) is 4.67. The van der Waals surface area contributed by atoms with Crippen LogP contribution in [0.2, 0.25) is 0 Å². The van der Waals surface area contributed by atoms with Gasteiger partial charge in [0.1, 0.15) is 0 Å². The van der Waals surface area contributed by atoms with Crippen molar-refractivity contribution >= 4 is 11.4 Å². The van der Waals surface area contributed by atoms with Gasteiger partial charge in [-0.2, -0.15) is 0 Å². The molecular formula is C37H38F2N6O4. The van der Waals surface area contributed by atoms with Crippen LogP contribution in [0.4, 0.5) is 20.2 Å². The van der Waals surface area contributed by atoms with E-state index in [1.807, 2.05) is 25.1 Å². The third-order valence-electron chi connectivity index (χ3n) is 7.45. The standard InChI is InChI=1S/C19H20FN3O2.C18H18FN3O2/c1-3-13-4-6-18(19(8-13)24-2)25-17-7-5-14(9-16(17)20)22-11-15-10-21-12-23-15;1-2-12-3-5-18(16(23)7-12)24-17-6-4-13(8-15(17)19)21-10-14-9-20-11-22-14/h4-10,12,22H,3,11H2,1-2H3,(H,21,23);3-9,11,21,23H,2,10H2,1H3,(H,20,22). The number of rotatable bonds is 13. The van der Waals surface area contributed by atoms with E-state index in [1.165, 1.54) is 18.2 Å². The van der Waals surface area contributed by atoms with Crippen LogP contribution in [0.1, 0.15) is 36.4 Å². The van der Waals surface area contributed by atoms with Crippen molar-refractivity contribution in [1.82, 2.24) is 19.9 Å². The number of halogens is 2. The Morgan fingerprint density at radius 2 is 1.12 bits per heavy atom. The normalized spacial score (nSPS) is 10.6. The van der Waals surface area contributed by atoms with Gasteiger partial charge >= 0.3 is 0 Å². The zero-order valence-electron chi connectivity index (χ0n) is 27.4. The molecule has 0 bridgehead atoms. The fourth-order valence-electron chi connectivity index (χ4n) is 4.67. The number of H-pyrrole nitrogens is 2. The Balaban J connectivity index is 0.000000191. The van der Waals surface area contributed by atoms with Crippen LogP contribution in [0.3, 0.4) is 0 Å². The van der Waals surface area contributed by atoms with Crippen molar-refractivity contribution in [2.24, 2.45) is 0 Å². The Morgan fingerprint density at radius 1 is 0.633 bits per heavy atom. The van der Waals surface area contributed by atoms with Gasteiger partial charge in [0.05, 0.1) is 44.2 Å². The highest BCUT2D eigenvalue weighted by atomic mass is 19.1. The number of nitrogens with one attached hydrogen (secondary N) is 4. The van der Waals surface area contributed by atoms with E-state index in [2.05, 4.69) is 37.5 Å². The molecule has 6 aromatic rings. The second kappa shape index (κ2) is 16.7. The molecule has 0 aliphatic carbocycles. The number of aryl methyl sites for hydroxylation is 2. The molecule has 4 aromatic carbocycles. The molecule has 0 aliphatic heterocycles. The molecular weight excluding hydrogens is 630 g/mol. The van der Waals surface area contributed by atoms with E-state index in [-0.39, 0.29) is 23.0 Å². The van der Waals surface area contributed by atoms with Crippen molar-refractivity contribution < 1.29 is 28.1 Å². The molecule has 2 aromatic heterocycles. The molecule has 0 saturated carbocycles. The van der Waals surface area contributed by atoms with E-state index in [0.717, 1.165) is 35.4 Å². The number of aromatic nitrogens is 4. The van der Waals surface area contributed by atoms with Gasteiger partial charge in [-0.15, -0.1) is 0 Å². The summed E-state index contributed by atoms with van der Waals surface area (Å²) in [5.41, 5.74) is 5.22. The minimum absolute atomic E-state index is 0.00445. The molecule has 0 radical (unpaired) electrons. The summed E-state index contributed by atoms with van der Waals surface area (Å²) in [7, 11) is 1.57. The molecule has 2 heterocycles. The number of ether oxygens (including phenoxy) is 3. The Hall–Kier alpha value is -6.04. The molecule has 0 saturated heterocycles. The summed E-state index contributed by atoms with van der Waals surface area (Å²) in [6, 6.07) is 20.1. The van der Waals surface area contributed by atoms with Crippen LogP contribution in [0.25, 0.3) is 0 Å². The zero-order valence-corrected chi connectivity index (χ0v) is 27.4. The third kappa shape index (κ3) is 9.50. The number of hydrogen-bond acceptors (Lipinski definition) is 8. The molecule has 0 aliphatic rings. The van der Waals surface area contributed by atoms with Crippen molar-refractivity contribution in [3.8, 4) is 34.5 Å². The minimum atomic E-state index is -0.511. The Kier molecular flexibility index (Phi) is 11.7. The van der Waals surface area contributed by atoms with Gasteiger partial charge in [0, 0.05) is 35.9 Å². The quantitative estimate of drug-likeness (QED) is 0.0826. The molecule has 0 amide bonds. The van der Waals surface area contributed by atoms with Crippen molar-refractivity contribution in [1.29, 1.82) is 0 Å². The molecule has 254 valence electrons. The number of anilines is 2. The van der Waals surface area contributed by atoms with Crippen molar-refractivity contribution in [2.45, 2.75) is 39.8 Å². The van der Waals surface area contributed by atoms with E-state index >= 15 is 0 Å². The summed E-state index contributed by atoms with van der Waals surface area (Å²) in [5.74, 6) is 0.535. The van der Waals surface area contributed by atoms with Gasteiger partial charge in [0.2, 0.25) is 0 Å². The van der Waals surface area contributed by atoms with Crippen LogP contribution < -0.4 is 24.8 Å². The van der Waals surface area contributed by atoms with Gasteiger partial charge in [0.25, 0.3) is 0 Å². The lowest BCUT2D eigenvalue weighted by Gasteiger charge is -2.13. The largest absolute Gasteiger partial charge is 0.504 e. The molecule has 0 unspecified atom stereocenters. The number of phenolic OH excluding ortho intramolecular Hbond substituents is 1. The SMILES string of the molecule is CCc1ccc(Oc2ccc(NCc3cnc[nH]3)cc2F)c(O)c1.CCc1ccc(Oc2ccc(NCc3cnc[nH]3)cc2F)c(OC)c1. The maximum absolute atomic E-state index is 14.4. The van der Waals surface area contributed by atoms with Crippen LogP contribution in [-0.4, -0.2) is 32.2 Å². The Labute approximate surface area is 283 Å². The summed E-state index contributed by atoms with van der Waals surface area (Å²) in [6.07, 6.45) is 8.30. The first-order valence-electron chi connectivity index (χ1n) is 15.7. The van der Waals surface area contributed by atoms with Crippen LogP contribution in [0, 0.1) is 11.6 Å². The smallest absolute Gasteiger partial charge is 0.169 e. The molecule has 0 fully saturated rings. The predicted molar refractivity (Wildman–Crippen MR) is 185 cm³/mol. The first kappa shape index (κ1) is 34.3. The van der Waals surface area contributed by atoms with Gasteiger partial charge in [-0.1, -0.05) is 26.0 Å². The maximum Gasteiger partial charge on any atom is 0.169 e. The first-order chi connectivity index (χ1) is 23.8. The summed E-state index contributed by atoms with van der Waals surface area (Å²) in [4.78, 5) is 13.8. The van der Waals surface area contributed by atoms with Crippen molar-refractivity contribution in [2.75, 3.05) is 17.7 Å². The van der Waals surface area contributed by atoms with Crippen LogP contribution in [0.5, 0.6) is 34.5 Å². The summed E-state index contributed by atoms with van der Waals surface area (Å²) in [5, 5.41) is 16.2. The van der Waals surface area contributed by atoms with Gasteiger partial charge in [-0.05, 0) is 72.5 Å². The van der Waals surface area contributed by atoms with E-state index in [0.29, 0.717) is 36.0 Å². The fraction of sp³-hybridized carbons (Fsp3) is 0.189. The van der Waals surface area contributed by atoms with Crippen molar-refractivity contribution in [3.05, 3.63) is 132 Å². The predicted octanol–water partition coefficient (Wildman–Crippen LogP) is 8.75. The van der Waals surface area contributed by atoms with E-state index in [9.17, 15) is 13.9 Å². The number of aromatic amines is 2. The number of aromatic hydroxyl groups is 1. The van der Waals surface area contributed by atoms with Crippen LogP contribution in [0.15, 0.2) is 97.8 Å². The zero-order chi connectivity index (χ0) is 34.6. The second-order valence-electron chi connectivity index (χ2n) is 10.8. The lowest BCUT2D eigenvalue weighted by atomic mass is 10.1. The molecule has 5 N–H and O–H groups in total. The van der Waals surface area contributed by atoms with Gasteiger partial charge in [0.15, 0.2) is 46.1 Å². The molecule has 0 spiro atoms. The van der Waals surface area contributed by atoms with E-state index in [4.69, 9.17) is 14.2 Å². The van der Waals surface area contributed by atoms with E-state index < -0.39 is 11.6 Å². The summed E-state index contributed by atoms with van der Waals surface area (Å²) in [6.45, 7) is 5.10. The Morgan fingerprint density at radius 3 is 1.57 bits per heavy atom. The lowest BCUT2D eigenvalue weighted by Crippen LogP contribution is -2.00. The average molecular weight is 669 g/mol. The number of phenols is 1. The molecule has 12 heteroatoms. The molecule has 49 heavy (non-hydrogen) atoms. The molecule has 10 nitrogen and oxygen atoms in total. The van der Waals surface area contributed by atoms with Gasteiger partial charge in [-0.3, -0.25) is 0 Å². The summed E-state index contributed by atoms with van der Waals surface area (Å²) >= 11 is 0. The number of methoxy groups -OCH3 is 1. The Bertz CT molecular complexity index is 1930. The number of hydrogen-bond donors (Lipinski definition) is 5. The number of benzene rings is 4. The lowest BCUT2D eigenvalue weighted by molar-refractivity contribution is 0.370. The maximum atomic E-state index is 14.4. The highest BCUT2D eigenvalue weighted by molar-refractivity contribution is 5.51. The van der Waals surface area contributed by atoms with Crippen LogP contribution in [-0.2, 0) is 25.9 Å². The molecule has 0 atom stereocenters. The average Bonchev–Trinajstić information content (AvgIpc) is 3.85. The third-order valence-corrected chi connectivity index (χ3v) is 7.45. The van der Waals surface area contributed by atoms with Crippen LogP contribution >= 0.6 is 0 Å². The highest BCUT2D eigenvalue weighted by Crippen LogP contribution is 2.35.